The van der Waals surface area contributed by atoms with Crippen LogP contribution in [0.2, 0.25) is 0 Å². The number of amides is 1. The number of hydrogen-bond acceptors (Lipinski definition) is 24. The average molecular weight is 1320 g/mol. The molecule has 27 atom stereocenters. The van der Waals surface area contributed by atoms with Gasteiger partial charge in [-0.1, -0.05) is 97.1 Å². The van der Waals surface area contributed by atoms with Crippen molar-refractivity contribution < 1.29 is 111 Å². The molecule has 2 fully saturated rings. The van der Waals surface area contributed by atoms with Crippen molar-refractivity contribution in [2.24, 2.45) is 47.2 Å². The van der Waals surface area contributed by atoms with E-state index < -0.39 is 183 Å². The van der Waals surface area contributed by atoms with Crippen molar-refractivity contribution in [3.63, 3.8) is 0 Å². The van der Waals surface area contributed by atoms with Crippen LogP contribution in [0.5, 0.6) is 0 Å². The van der Waals surface area contributed by atoms with Crippen LogP contribution in [0, 0.1) is 41.4 Å². The van der Waals surface area contributed by atoms with Crippen LogP contribution in [0.1, 0.15) is 139 Å². The molecule has 0 aromatic rings. The number of nitrogens with zero attached hydrogens (tertiary/aromatic N) is 2. The zero-order valence-electron chi connectivity index (χ0n) is 55.8. The van der Waals surface area contributed by atoms with Crippen molar-refractivity contribution in [3.05, 3.63) is 59.8 Å². The van der Waals surface area contributed by atoms with E-state index in [2.05, 4.69) is 4.90 Å². The minimum Gasteiger partial charge on any atom is -0.458 e. The van der Waals surface area contributed by atoms with Crippen molar-refractivity contribution in [2.75, 3.05) is 45.9 Å². The van der Waals surface area contributed by atoms with Gasteiger partial charge in [-0.05, 0) is 76.7 Å². The molecular formula is C67H119N3O22. The van der Waals surface area contributed by atoms with E-state index in [4.69, 9.17) is 19.9 Å². The second-order valence-corrected chi connectivity index (χ2v) is 26.8. The Hall–Kier alpha value is -3.20. The Bertz CT molecular complexity index is 2250. The Balaban J connectivity index is 1.88. The molecule has 22 unspecified atom stereocenters. The fourth-order valence-electron chi connectivity index (χ4n) is 12.0. The molecule has 25 heteroatoms. The van der Waals surface area contributed by atoms with E-state index in [0.29, 0.717) is 58.4 Å². The molecule has 1 amide bonds. The summed E-state index contributed by atoms with van der Waals surface area (Å²) in [4.78, 5) is 30.9. The zero-order valence-corrected chi connectivity index (χ0v) is 55.8. The highest BCUT2D eigenvalue weighted by Gasteiger charge is 2.46. The number of ether oxygens (including phenoxy) is 3. The molecular weight excluding hydrogens is 1200 g/mol. The summed E-state index contributed by atoms with van der Waals surface area (Å²) >= 11 is 0. The quantitative estimate of drug-likeness (QED) is 0.0976. The standard InChI is InChI=1S/C67H119N3O22/c1-37-14-10-11-18-51(77)43(7)61(84)38(2)15-12-16-40(4)66(89)90-56(42(6)52(78)22-23-59(82)70-28-26-69(25-24-68)27-29-70)19-13-17-46(72)31-47(73)33-53(79)44(8)62(85)45(9)54(80)34-48(74)32-49(75)35-55(81)57(30-41(5)60(83)39(3)20-21-50(37)76)91-67-65(88)64(87)63(86)58(36-71)92-67/h10,13-14,16-17,20-21,30,37-39,42-58,60-65,67,71-81,83-88H,11-12,15,18-19,22-29,31-36,68H2,1-9H3/b14-10+,17-13+,21-20+,40-16+,41-30+/t37?,38?,39?,42?,43?,44?,45?,46?,47?,48?,49?,50?,51?,52?,53?,54?,55?,56?,57?,58-,60?,61?,62?,63-,64+,65+,67+/m1/s1. The first-order valence-corrected chi connectivity index (χ1v) is 33.3. The molecule has 92 heavy (non-hydrogen) atoms. The molecule has 3 aliphatic rings. The van der Waals surface area contributed by atoms with Crippen LogP contribution in [0.4, 0.5) is 0 Å². The predicted octanol–water partition coefficient (Wildman–Crippen LogP) is -0.413. The SMILES string of the molecule is C/C1=C\CCC(C)C(O)C(C)C(O)CC/C=C/C(C)C(O)/C=C/C(C)C(O)/C(C)=C/C(O[C@H]2O[C@H](CO)[C@@H](O)[C@H](O)[C@@H]2O)C(O)CC(O)CC(O)CC(O)C(C)C(O)C(C)C(O)CC(O)CC(O)/C=C/CC(C(C)C(O)CCC(=O)N2CCN(CCN)CC2)OC1=O. The van der Waals surface area contributed by atoms with Crippen LogP contribution in [0.25, 0.3) is 0 Å². The fraction of sp³-hybridized carbons (Fsp3) is 0.821. The minimum atomic E-state index is -1.89. The molecule has 0 spiro atoms. The number of nitrogens with two attached hydrogens (primary N) is 1. The average Bonchev–Trinajstić information content (AvgIpc) is 2.32. The molecule has 3 aliphatic heterocycles. The molecule has 3 heterocycles. The highest BCUT2D eigenvalue weighted by atomic mass is 16.7. The molecule has 25 nitrogen and oxygen atoms in total. The van der Waals surface area contributed by atoms with Gasteiger partial charge in [0.2, 0.25) is 5.91 Å². The van der Waals surface area contributed by atoms with Gasteiger partial charge >= 0.3 is 5.97 Å². The maximum Gasteiger partial charge on any atom is 0.333 e. The van der Waals surface area contributed by atoms with Gasteiger partial charge in [-0.3, -0.25) is 9.69 Å². The summed E-state index contributed by atoms with van der Waals surface area (Å²) in [7, 11) is 0. The molecule has 0 aromatic carbocycles. The van der Waals surface area contributed by atoms with Crippen molar-refractivity contribution >= 4 is 11.9 Å². The first-order chi connectivity index (χ1) is 43.2. The maximum atomic E-state index is 13.7. The Labute approximate surface area is 544 Å². The molecule has 0 saturated carbocycles. The van der Waals surface area contributed by atoms with E-state index >= 15 is 0 Å². The summed E-state index contributed by atoms with van der Waals surface area (Å²) < 4.78 is 17.5. The van der Waals surface area contributed by atoms with E-state index in [-0.39, 0.29) is 61.5 Å². The first-order valence-electron chi connectivity index (χ1n) is 33.3. The lowest BCUT2D eigenvalue weighted by Crippen LogP contribution is -2.60. The van der Waals surface area contributed by atoms with Crippen molar-refractivity contribution in [3.8, 4) is 0 Å². The fourth-order valence-corrected chi connectivity index (χ4v) is 12.0. The Morgan fingerprint density at radius 3 is 1.85 bits per heavy atom. The Morgan fingerprint density at radius 2 is 1.25 bits per heavy atom. The summed E-state index contributed by atoms with van der Waals surface area (Å²) in [6.45, 7) is 17.7. The zero-order chi connectivity index (χ0) is 69.3. The Morgan fingerprint density at radius 1 is 0.663 bits per heavy atom. The summed E-state index contributed by atoms with van der Waals surface area (Å²) in [5.41, 5.74) is 6.20. The third-order valence-electron chi connectivity index (χ3n) is 19.1. The van der Waals surface area contributed by atoms with Crippen LogP contribution in [0.3, 0.4) is 0 Å². The van der Waals surface area contributed by atoms with E-state index in [1.807, 2.05) is 13.0 Å². The van der Waals surface area contributed by atoms with Gasteiger partial charge in [-0.25, -0.2) is 4.79 Å². The van der Waals surface area contributed by atoms with Gasteiger partial charge in [0, 0.05) is 106 Å². The van der Waals surface area contributed by atoms with Crippen LogP contribution in [-0.2, 0) is 23.8 Å². The summed E-state index contributed by atoms with van der Waals surface area (Å²) in [6, 6.07) is 0. The van der Waals surface area contributed by atoms with Gasteiger partial charge in [0.1, 0.15) is 36.6 Å². The number of hydrogen-bond donors (Lipinski definition) is 18. The van der Waals surface area contributed by atoms with Crippen LogP contribution < -0.4 is 5.73 Å². The highest BCUT2D eigenvalue weighted by Crippen LogP contribution is 2.30. The Kier molecular flexibility index (Phi) is 37.7. The number of carbonyl (C=O) groups is 2. The minimum absolute atomic E-state index is 0.0209. The number of esters is 1. The molecule has 2 saturated heterocycles. The number of carbonyl (C=O) groups excluding carboxylic acids is 2. The number of rotatable bonds is 10. The summed E-state index contributed by atoms with van der Waals surface area (Å²) in [5.74, 6) is -5.27. The van der Waals surface area contributed by atoms with Crippen LogP contribution in [0.15, 0.2) is 59.8 Å². The third-order valence-corrected chi connectivity index (χ3v) is 19.1. The molecule has 3 rings (SSSR count). The lowest BCUT2D eigenvalue weighted by molar-refractivity contribution is -0.313. The lowest BCUT2D eigenvalue weighted by atomic mass is 9.82. The molecule has 19 N–H and O–H groups in total. The normalized spacial score (nSPS) is 42.2. The number of allylic oxidation sites excluding steroid dienone is 2. The van der Waals surface area contributed by atoms with Gasteiger partial charge in [0.05, 0.1) is 86.0 Å². The summed E-state index contributed by atoms with van der Waals surface area (Å²) in [5, 5.41) is 188. The van der Waals surface area contributed by atoms with Crippen molar-refractivity contribution in [1.82, 2.24) is 9.80 Å². The monoisotopic (exact) mass is 1320 g/mol. The molecule has 534 valence electrons. The van der Waals surface area contributed by atoms with Gasteiger partial charge in [-0.2, -0.15) is 0 Å². The maximum absolute atomic E-state index is 13.7. The second-order valence-electron chi connectivity index (χ2n) is 26.8. The number of cyclic esters (lactones) is 1. The number of aliphatic hydroxyl groups excluding tert-OH is 17. The second kappa shape index (κ2) is 41.8. The molecule has 0 bridgehead atoms. The van der Waals surface area contributed by atoms with E-state index in [1.165, 1.54) is 39.0 Å². The molecule has 0 aliphatic carbocycles. The van der Waals surface area contributed by atoms with Gasteiger partial charge < -0.3 is 112 Å². The number of piperazine rings is 1. The van der Waals surface area contributed by atoms with E-state index in [9.17, 15) is 96.4 Å². The van der Waals surface area contributed by atoms with Crippen molar-refractivity contribution in [1.29, 1.82) is 0 Å². The predicted molar refractivity (Wildman–Crippen MR) is 343 cm³/mol. The highest BCUT2D eigenvalue weighted by molar-refractivity contribution is 5.87. The van der Waals surface area contributed by atoms with Crippen molar-refractivity contribution in [2.45, 2.75) is 262 Å². The van der Waals surface area contributed by atoms with Crippen LogP contribution in [-0.4, -0.2) is 277 Å². The van der Waals surface area contributed by atoms with E-state index in [0.717, 1.165) is 6.54 Å². The van der Waals surface area contributed by atoms with Crippen LogP contribution >= 0.6 is 0 Å². The molecule has 0 aromatic heterocycles. The van der Waals surface area contributed by atoms with Gasteiger partial charge in [0.15, 0.2) is 6.29 Å². The number of aliphatic hydroxyl groups is 17. The van der Waals surface area contributed by atoms with E-state index in [1.54, 1.807) is 63.8 Å². The van der Waals surface area contributed by atoms with Gasteiger partial charge in [-0.15, -0.1) is 0 Å². The largest absolute Gasteiger partial charge is 0.458 e. The summed E-state index contributed by atoms with van der Waals surface area (Å²) in [6.07, 6.45) is -14.9. The first kappa shape index (κ1) is 83.0. The smallest absolute Gasteiger partial charge is 0.333 e. The topological polar surface area (TPSA) is 438 Å². The lowest BCUT2D eigenvalue weighted by Gasteiger charge is -2.41. The molecule has 0 radical (unpaired) electrons. The van der Waals surface area contributed by atoms with Gasteiger partial charge in [0.25, 0.3) is 0 Å². The third kappa shape index (κ3) is 27.4.